The van der Waals surface area contributed by atoms with Crippen molar-refractivity contribution < 1.29 is 27.9 Å². The monoisotopic (exact) mass is 266 g/mol. The van der Waals surface area contributed by atoms with Crippen LogP contribution >= 0.6 is 0 Å². The van der Waals surface area contributed by atoms with Crippen LogP contribution in [0.2, 0.25) is 0 Å². The number of aliphatic hydroxyl groups is 1. The predicted molar refractivity (Wildman–Crippen MR) is 52.6 cm³/mol. The smallest absolute Gasteiger partial charge is 0.428 e. The van der Waals surface area contributed by atoms with Gasteiger partial charge in [-0.15, -0.1) is 0 Å². The van der Waals surface area contributed by atoms with E-state index in [0.29, 0.717) is 6.20 Å². The third kappa shape index (κ3) is 2.67. The molecule has 1 heterocycles. The van der Waals surface area contributed by atoms with E-state index in [-0.39, 0.29) is 5.88 Å². The summed E-state index contributed by atoms with van der Waals surface area (Å²) in [6, 6.07) is 1.95. The molecule has 0 radical (unpaired) electrons. The third-order valence-electron chi connectivity index (χ3n) is 2.25. The third-order valence-corrected chi connectivity index (χ3v) is 2.25. The number of hydrogen-bond donors (Lipinski definition) is 1. The zero-order valence-corrected chi connectivity index (χ0v) is 9.14. The summed E-state index contributed by atoms with van der Waals surface area (Å²) in [7, 11) is 1.26. The van der Waals surface area contributed by atoms with E-state index in [2.05, 4.69) is 9.72 Å². The van der Waals surface area contributed by atoms with Gasteiger partial charge in [-0.2, -0.15) is 13.2 Å². The van der Waals surface area contributed by atoms with Gasteiger partial charge in [0.2, 0.25) is 12.4 Å². The summed E-state index contributed by atoms with van der Waals surface area (Å²) < 4.78 is 42.8. The molecule has 0 bridgehead atoms. The predicted octanol–water partition coefficient (Wildman–Crippen LogP) is 1.12. The maximum atomic E-state index is 12.7. The van der Waals surface area contributed by atoms with Crippen molar-refractivity contribution in [3.63, 3.8) is 0 Å². The number of hydrogen-bond acceptors (Lipinski definition) is 5. The van der Waals surface area contributed by atoms with Crippen molar-refractivity contribution in [2.24, 2.45) is 0 Å². The van der Waals surface area contributed by atoms with Crippen LogP contribution in [-0.2, 0) is 5.60 Å². The van der Waals surface area contributed by atoms with Crippen molar-refractivity contribution in [3.8, 4) is 5.88 Å². The number of nitro groups is 1. The molecule has 0 aliphatic rings. The normalized spacial score (nSPS) is 14.9. The van der Waals surface area contributed by atoms with E-state index in [0.717, 1.165) is 12.1 Å². The maximum absolute atomic E-state index is 12.7. The molecule has 0 spiro atoms. The van der Waals surface area contributed by atoms with Gasteiger partial charge in [0.15, 0.2) is 0 Å². The second kappa shape index (κ2) is 4.77. The molecule has 0 aliphatic carbocycles. The van der Waals surface area contributed by atoms with Crippen molar-refractivity contribution >= 4 is 0 Å². The van der Waals surface area contributed by atoms with Crippen LogP contribution in [0.25, 0.3) is 0 Å². The number of halogens is 3. The van der Waals surface area contributed by atoms with Gasteiger partial charge in [-0.1, -0.05) is 0 Å². The molecular formula is C9H9F3N2O4. The van der Waals surface area contributed by atoms with Gasteiger partial charge in [0, 0.05) is 22.7 Å². The van der Waals surface area contributed by atoms with Gasteiger partial charge in [0.1, 0.15) is 0 Å². The van der Waals surface area contributed by atoms with Crippen molar-refractivity contribution in [1.82, 2.24) is 4.98 Å². The second-order valence-electron chi connectivity index (χ2n) is 3.44. The van der Waals surface area contributed by atoms with Crippen LogP contribution in [0.3, 0.4) is 0 Å². The second-order valence-corrected chi connectivity index (χ2v) is 3.44. The number of alkyl halides is 3. The van der Waals surface area contributed by atoms with Crippen LogP contribution in [-0.4, -0.2) is 34.8 Å². The molecule has 0 amide bonds. The molecule has 0 fully saturated rings. The van der Waals surface area contributed by atoms with E-state index in [9.17, 15) is 28.4 Å². The number of pyridine rings is 1. The van der Waals surface area contributed by atoms with Gasteiger partial charge in [-0.3, -0.25) is 10.1 Å². The molecule has 9 heteroatoms. The average Bonchev–Trinajstić information content (AvgIpc) is 2.26. The highest BCUT2D eigenvalue weighted by Gasteiger charge is 2.59. The number of methoxy groups -OCH3 is 1. The molecule has 1 unspecified atom stereocenters. The highest BCUT2D eigenvalue weighted by Crippen LogP contribution is 2.39. The van der Waals surface area contributed by atoms with Gasteiger partial charge < -0.3 is 9.84 Å². The Hall–Kier alpha value is -1.90. The van der Waals surface area contributed by atoms with Crippen LogP contribution < -0.4 is 4.74 Å². The summed E-state index contributed by atoms with van der Waals surface area (Å²) >= 11 is 0. The Balaban J connectivity index is 3.21. The van der Waals surface area contributed by atoms with Crippen molar-refractivity contribution in [3.05, 3.63) is 34.0 Å². The Labute approximate surface area is 99.2 Å². The lowest BCUT2D eigenvalue weighted by molar-refractivity contribution is -0.519. The number of nitrogens with zero attached hydrogens (tertiary/aromatic N) is 2. The van der Waals surface area contributed by atoms with Gasteiger partial charge in [0.05, 0.1) is 7.11 Å². The van der Waals surface area contributed by atoms with Gasteiger partial charge in [-0.05, 0) is 6.07 Å². The van der Waals surface area contributed by atoms with Crippen molar-refractivity contribution in [2.75, 3.05) is 13.7 Å². The van der Waals surface area contributed by atoms with Crippen LogP contribution in [0, 0.1) is 10.1 Å². The SMILES string of the molecule is COc1ccc(C(O)(C[N+](=O)[O-])C(F)(F)F)cn1. The molecule has 0 saturated heterocycles. The maximum Gasteiger partial charge on any atom is 0.428 e. The van der Waals surface area contributed by atoms with E-state index >= 15 is 0 Å². The molecule has 1 aromatic heterocycles. The van der Waals surface area contributed by atoms with Gasteiger partial charge in [-0.25, -0.2) is 4.98 Å². The summed E-state index contributed by atoms with van der Waals surface area (Å²) in [4.78, 5) is 12.5. The molecule has 0 saturated carbocycles. The summed E-state index contributed by atoms with van der Waals surface area (Å²) in [5, 5.41) is 19.8. The Bertz CT molecular complexity index is 434. The molecule has 18 heavy (non-hydrogen) atoms. The van der Waals surface area contributed by atoms with E-state index in [1.54, 1.807) is 0 Å². The molecule has 0 aromatic carbocycles. The van der Waals surface area contributed by atoms with Gasteiger partial charge >= 0.3 is 6.18 Å². The van der Waals surface area contributed by atoms with Crippen LogP contribution in [0.1, 0.15) is 5.56 Å². The van der Waals surface area contributed by atoms with Crippen LogP contribution in [0.4, 0.5) is 13.2 Å². The number of ether oxygens (including phenoxy) is 1. The fourth-order valence-corrected chi connectivity index (χ4v) is 1.28. The molecule has 1 rings (SSSR count). The summed E-state index contributed by atoms with van der Waals surface area (Å²) in [5.41, 5.74) is -4.29. The fourth-order valence-electron chi connectivity index (χ4n) is 1.28. The zero-order chi connectivity index (χ0) is 14.0. The fraction of sp³-hybridized carbons (Fsp3) is 0.444. The first-order valence-corrected chi connectivity index (χ1v) is 4.62. The lowest BCUT2D eigenvalue weighted by Gasteiger charge is -2.26. The number of aromatic nitrogens is 1. The van der Waals surface area contributed by atoms with Crippen molar-refractivity contribution in [2.45, 2.75) is 11.8 Å². The lowest BCUT2D eigenvalue weighted by Crippen LogP contribution is -2.47. The molecule has 0 aliphatic heterocycles. The van der Waals surface area contributed by atoms with E-state index < -0.39 is 28.8 Å². The summed E-state index contributed by atoms with van der Waals surface area (Å²) in [5.74, 6) is 0.0318. The van der Waals surface area contributed by atoms with Crippen molar-refractivity contribution in [1.29, 1.82) is 0 Å². The first-order chi connectivity index (χ1) is 8.20. The molecular weight excluding hydrogens is 257 g/mol. The standard InChI is InChI=1S/C9H9F3N2O4/c1-18-7-3-2-6(4-13-7)8(15,5-14(16)17)9(10,11)12/h2-4,15H,5H2,1H3. The Morgan fingerprint density at radius 1 is 1.50 bits per heavy atom. The molecule has 1 aromatic rings. The highest BCUT2D eigenvalue weighted by atomic mass is 19.4. The minimum atomic E-state index is -5.18. The summed E-state index contributed by atoms with van der Waals surface area (Å²) in [6.07, 6.45) is -4.49. The van der Waals surface area contributed by atoms with E-state index in [1.165, 1.54) is 7.11 Å². The number of rotatable bonds is 4. The minimum Gasteiger partial charge on any atom is -0.481 e. The van der Waals surface area contributed by atoms with E-state index in [1.807, 2.05) is 0 Å². The molecule has 1 N–H and O–H groups in total. The molecule has 6 nitrogen and oxygen atoms in total. The Morgan fingerprint density at radius 2 is 2.11 bits per heavy atom. The minimum absolute atomic E-state index is 0.0318. The highest BCUT2D eigenvalue weighted by molar-refractivity contribution is 5.25. The van der Waals surface area contributed by atoms with Crippen LogP contribution in [0.15, 0.2) is 18.3 Å². The first kappa shape index (κ1) is 14.2. The quantitative estimate of drug-likeness (QED) is 0.652. The van der Waals surface area contributed by atoms with E-state index in [4.69, 9.17) is 0 Å². The molecule has 100 valence electrons. The summed E-state index contributed by atoms with van der Waals surface area (Å²) in [6.45, 7) is -1.69. The first-order valence-electron chi connectivity index (χ1n) is 4.62. The molecule has 1 atom stereocenters. The average molecular weight is 266 g/mol. The largest absolute Gasteiger partial charge is 0.481 e. The van der Waals surface area contributed by atoms with Gasteiger partial charge in [0.25, 0.3) is 5.60 Å². The zero-order valence-electron chi connectivity index (χ0n) is 9.14. The Morgan fingerprint density at radius 3 is 2.44 bits per heavy atom. The Kier molecular flexibility index (Phi) is 3.75. The van der Waals surface area contributed by atoms with Crippen LogP contribution in [0.5, 0.6) is 5.88 Å². The lowest BCUT2D eigenvalue weighted by atomic mass is 9.95. The topological polar surface area (TPSA) is 85.5 Å².